The highest BCUT2D eigenvalue weighted by Crippen LogP contribution is 2.45. The minimum atomic E-state index is -0.622. The van der Waals surface area contributed by atoms with Gasteiger partial charge in [0.1, 0.15) is 28.9 Å². The number of nitrogens with zero attached hydrogens (tertiary/aromatic N) is 1. The van der Waals surface area contributed by atoms with Crippen molar-refractivity contribution in [3.05, 3.63) is 88.3 Å². The van der Waals surface area contributed by atoms with Crippen LogP contribution in [0.5, 0.6) is 28.7 Å². The molecule has 0 radical (unpaired) electrons. The van der Waals surface area contributed by atoms with Crippen molar-refractivity contribution in [2.24, 2.45) is 5.73 Å². The summed E-state index contributed by atoms with van der Waals surface area (Å²) in [6, 6.07) is 19.5. The smallest absolute Gasteiger partial charge is 0.349 e. The van der Waals surface area contributed by atoms with E-state index in [0.717, 1.165) is 18.4 Å². The molecule has 202 valence electrons. The van der Waals surface area contributed by atoms with Gasteiger partial charge in [0.15, 0.2) is 18.1 Å². The van der Waals surface area contributed by atoms with Gasteiger partial charge in [-0.15, -0.1) is 0 Å². The molecule has 1 atom stereocenters. The van der Waals surface area contributed by atoms with E-state index in [1.54, 1.807) is 42.5 Å². The minimum absolute atomic E-state index is 0.0261. The highest BCUT2D eigenvalue weighted by Gasteiger charge is 2.32. The molecule has 1 aliphatic heterocycles. The third-order valence-electron chi connectivity index (χ3n) is 5.96. The van der Waals surface area contributed by atoms with Crippen LogP contribution in [0.25, 0.3) is 0 Å². The summed E-state index contributed by atoms with van der Waals surface area (Å²) in [6.07, 6.45) is 1.94. The van der Waals surface area contributed by atoms with Gasteiger partial charge >= 0.3 is 5.97 Å². The fraction of sp³-hybridized carbons (Fsp3) is 0.267. The molecule has 0 aromatic heterocycles. The van der Waals surface area contributed by atoms with Gasteiger partial charge in [0.25, 0.3) is 0 Å². The summed E-state index contributed by atoms with van der Waals surface area (Å²) in [5, 5.41) is 10.3. The molecule has 39 heavy (non-hydrogen) atoms. The van der Waals surface area contributed by atoms with Gasteiger partial charge in [0, 0.05) is 11.6 Å². The van der Waals surface area contributed by atoms with Crippen LogP contribution in [-0.4, -0.2) is 25.8 Å². The Balaban J connectivity index is 1.58. The number of unbranched alkanes of at least 4 members (excludes halogenated alkanes) is 1. The number of halogens is 1. The molecule has 1 aliphatic rings. The van der Waals surface area contributed by atoms with Crippen LogP contribution in [-0.2, 0) is 4.79 Å². The predicted octanol–water partition coefficient (Wildman–Crippen LogP) is 6.12. The molecule has 8 nitrogen and oxygen atoms in total. The van der Waals surface area contributed by atoms with Gasteiger partial charge < -0.3 is 29.4 Å². The number of carbonyl (C=O) groups is 1. The normalized spacial score (nSPS) is 14.1. The van der Waals surface area contributed by atoms with Crippen LogP contribution in [0.1, 0.15) is 43.7 Å². The van der Waals surface area contributed by atoms with Crippen LogP contribution in [0.2, 0.25) is 5.02 Å². The standard InChI is InChI=1S/C30H29ClN2O6/c1-3-5-14-36-25-13-10-19(15-27(25)35-4-2)29-21-12-11-20(16-26(21)39-30(33)22(29)17-32)38-28(34)18-37-24-9-7-6-8-23(24)31/h6-13,15-16,29H,3-5,14,18,33H2,1-2H3. The van der Waals surface area contributed by atoms with Crippen LogP contribution >= 0.6 is 11.6 Å². The van der Waals surface area contributed by atoms with Crippen LogP contribution in [0.3, 0.4) is 0 Å². The molecular weight excluding hydrogens is 520 g/mol. The SMILES string of the molecule is CCCCOc1ccc(C2C(C#N)=C(N)Oc3cc(OC(=O)COc4ccccc4Cl)ccc32)cc1OCC. The fourth-order valence-corrected chi connectivity index (χ4v) is 4.31. The van der Waals surface area contributed by atoms with Crippen molar-refractivity contribution in [3.8, 4) is 34.8 Å². The van der Waals surface area contributed by atoms with Crippen molar-refractivity contribution in [1.82, 2.24) is 0 Å². The Hall–Kier alpha value is -4.35. The van der Waals surface area contributed by atoms with Gasteiger partial charge in [0.2, 0.25) is 5.88 Å². The molecule has 0 bridgehead atoms. The Morgan fingerprint density at radius 1 is 1.03 bits per heavy atom. The number of esters is 1. The third-order valence-corrected chi connectivity index (χ3v) is 6.27. The van der Waals surface area contributed by atoms with Gasteiger partial charge in [-0.25, -0.2) is 4.79 Å². The van der Waals surface area contributed by atoms with Gasteiger partial charge in [-0.2, -0.15) is 5.26 Å². The maximum Gasteiger partial charge on any atom is 0.349 e. The molecule has 0 aliphatic carbocycles. The monoisotopic (exact) mass is 548 g/mol. The first kappa shape index (κ1) is 27.7. The molecule has 3 aromatic rings. The largest absolute Gasteiger partial charge is 0.490 e. The van der Waals surface area contributed by atoms with E-state index in [9.17, 15) is 10.1 Å². The number of hydrogen-bond acceptors (Lipinski definition) is 8. The van der Waals surface area contributed by atoms with Crippen LogP contribution in [0, 0.1) is 11.3 Å². The summed E-state index contributed by atoms with van der Waals surface area (Å²) in [4.78, 5) is 12.4. The van der Waals surface area contributed by atoms with Crippen molar-refractivity contribution in [3.63, 3.8) is 0 Å². The van der Waals surface area contributed by atoms with Crippen LogP contribution < -0.4 is 29.4 Å². The zero-order valence-corrected chi connectivity index (χ0v) is 22.5. The zero-order chi connectivity index (χ0) is 27.8. The topological polar surface area (TPSA) is 113 Å². The number of carbonyl (C=O) groups excluding carboxylic acids is 1. The molecule has 0 amide bonds. The number of para-hydroxylation sites is 1. The Kier molecular flexibility index (Phi) is 9.18. The minimum Gasteiger partial charge on any atom is -0.490 e. The highest BCUT2D eigenvalue weighted by atomic mass is 35.5. The molecular formula is C30H29ClN2O6. The summed E-state index contributed by atoms with van der Waals surface area (Å²) in [7, 11) is 0. The molecule has 0 saturated carbocycles. The van der Waals surface area contributed by atoms with E-state index >= 15 is 0 Å². The molecule has 0 fully saturated rings. The van der Waals surface area contributed by atoms with Crippen molar-refractivity contribution < 1.29 is 28.5 Å². The lowest BCUT2D eigenvalue weighted by Gasteiger charge is -2.27. The van der Waals surface area contributed by atoms with Crippen LogP contribution in [0.15, 0.2) is 72.1 Å². The van der Waals surface area contributed by atoms with Gasteiger partial charge in [0.05, 0.1) is 24.2 Å². The van der Waals surface area contributed by atoms with Crippen molar-refractivity contribution in [1.29, 1.82) is 5.26 Å². The first-order valence-corrected chi connectivity index (χ1v) is 13.0. The van der Waals surface area contributed by atoms with E-state index in [0.29, 0.717) is 46.8 Å². The number of benzene rings is 3. The van der Waals surface area contributed by atoms with Gasteiger partial charge in [-0.3, -0.25) is 0 Å². The number of rotatable bonds is 11. The Labute approximate surface area is 232 Å². The molecule has 3 aromatic carbocycles. The summed E-state index contributed by atoms with van der Waals surface area (Å²) in [6.45, 7) is 4.69. The lowest BCUT2D eigenvalue weighted by molar-refractivity contribution is -0.136. The highest BCUT2D eigenvalue weighted by molar-refractivity contribution is 6.32. The van der Waals surface area contributed by atoms with Crippen molar-refractivity contribution >= 4 is 17.6 Å². The number of nitriles is 1. The number of ether oxygens (including phenoxy) is 5. The molecule has 0 saturated heterocycles. The molecule has 1 unspecified atom stereocenters. The van der Waals surface area contributed by atoms with Gasteiger partial charge in [-0.1, -0.05) is 49.2 Å². The molecule has 4 rings (SSSR count). The fourth-order valence-electron chi connectivity index (χ4n) is 4.12. The Morgan fingerprint density at radius 2 is 1.85 bits per heavy atom. The average molecular weight is 549 g/mol. The van der Waals surface area contributed by atoms with E-state index < -0.39 is 11.9 Å². The van der Waals surface area contributed by atoms with Crippen LogP contribution in [0.4, 0.5) is 0 Å². The Morgan fingerprint density at radius 3 is 2.59 bits per heavy atom. The van der Waals surface area contributed by atoms with E-state index in [1.807, 2.05) is 25.1 Å². The van der Waals surface area contributed by atoms with E-state index in [2.05, 4.69) is 13.0 Å². The number of allylic oxidation sites excluding steroid dienone is 1. The van der Waals surface area contributed by atoms with E-state index in [4.69, 9.17) is 41.0 Å². The summed E-state index contributed by atoms with van der Waals surface area (Å²) in [5.74, 6) is 1.04. The molecule has 9 heteroatoms. The second-order valence-corrected chi connectivity index (χ2v) is 9.07. The second-order valence-electron chi connectivity index (χ2n) is 8.66. The predicted molar refractivity (Wildman–Crippen MR) is 146 cm³/mol. The molecule has 2 N–H and O–H groups in total. The Bertz CT molecular complexity index is 1410. The first-order valence-electron chi connectivity index (χ1n) is 12.6. The third kappa shape index (κ3) is 6.57. The van der Waals surface area contributed by atoms with Crippen molar-refractivity contribution in [2.45, 2.75) is 32.6 Å². The van der Waals surface area contributed by atoms with Gasteiger partial charge in [-0.05, 0) is 49.2 Å². The lowest BCUT2D eigenvalue weighted by Crippen LogP contribution is -2.22. The van der Waals surface area contributed by atoms with Crippen molar-refractivity contribution in [2.75, 3.05) is 19.8 Å². The maximum atomic E-state index is 12.4. The molecule has 0 spiro atoms. The molecule has 1 heterocycles. The summed E-state index contributed by atoms with van der Waals surface area (Å²) >= 11 is 6.07. The van der Waals surface area contributed by atoms with E-state index in [-0.39, 0.29) is 23.8 Å². The second kappa shape index (κ2) is 12.9. The average Bonchev–Trinajstić information content (AvgIpc) is 2.93. The quantitative estimate of drug-likeness (QED) is 0.173. The van der Waals surface area contributed by atoms with E-state index in [1.165, 1.54) is 0 Å². The maximum absolute atomic E-state index is 12.4. The summed E-state index contributed by atoms with van der Waals surface area (Å²) < 4.78 is 28.4. The number of hydrogen-bond donors (Lipinski definition) is 1. The summed E-state index contributed by atoms with van der Waals surface area (Å²) in [5.41, 5.74) is 7.89. The zero-order valence-electron chi connectivity index (χ0n) is 21.7. The number of fused-ring (bicyclic) bond motifs is 1. The number of nitrogens with two attached hydrogens (primary N) is 1. The lowest BCUT2D eigenvalue weighted by atomic mass is 9.83. The first-order chi connectivity index (χ1) is 18.9.